The third-order valence-corrected chi connectivity index (χ3v) is 3.11. The number of aryl methyl sites for hydroxylation is 2. The highest BCUT2D eigenvalue weighted by atomic mass is 79.9. The van der Waals surface area contributed by atoms with Crippen LogP contribution in [0.15, 0.2) is 27.1 Å². The fourth-order valence-corrected chi connectivity index (χ4v) is 2.08. The highest BCUT2D eigenvalue weighted by Gasteiger charge is 2.16. The minimum atomic E-state index is -0.372. The van der Waals surface area contributed by atoms with Crippen molar-refractivity contribution in [2.75, 3.05) is 5.32 Å². The number of carbonyl (C=O) groups excluding carboxylic acids is 1. The van der Waals surface area contributed by atoms with Crippen LogP contribution in [0.25, 0.3) is 0 Å². The average Bonchev–Trinajstić information content (AvgIpc) is 2.71. The highest BCUT2D eigenvalue weighted by molar-refractivity contribution is 9.10. The smallest absolute Gasteiger partial charge is 0.293 e. The molecule has 0 saturated heterocycles. The molecular formula is C13H10BrN3O2. The molecular weight excluding hydrogens is 310 g/mol. The molecule has 0 bridgehead atoms. The number of hydrogen-bond acceptors (Lipinski definition) is 4. The van der Waals surface area contributed by atoms with Gasteiger partial charge < -0.3 is 9.73 Å². The van der Waals surface area contributed by atoms with Crippen molar-refractivity contribution in [1.82, 2.24) is 4.98 Å². The van der Waals surface area contributed by atoms with Crippen LogP contribution in [0.3, 0.4) is 0 Å². The summed E-state index contributed by atoms with van der Waals surface area (Å²) in [4.78, 5) is 16.1. The number of nitrogens with zero attached hydrogens (tertiary/aromatic N) is 2. The van der Waals surface area contributed by atoms with Gasteiger partial charge in [0.1, 0.15) is 0 Å². The van der Waals surface area contributed by atoms with E-state index in [2.05, 4.69) is 26.2 Å². The normalized spacial score (nSPS) is 10.0. The van der Waals surface area contributed by atoms with E-state index in [0.29, 0.717) is 27.3 Å². The van der Waals surface area contributed by atoms with Gasteiger partial charge >= 0.3 is 0 Å². The maximum absolute atomic E-state index is 12.0. The number of carbonyl (C=O) groups is 1. The van der Waals surface area contributed by atoms with E-state index in [4.69, 9.17) is 9.68 Å². The van der Waals surface area contributed by atoms with Crippen LogP contribution in [-0.4, -0.2) is 10.9 Å². The maximum atomic E-state index is 12.0. The lowest BCUT2D eigenvalue weighted by Crippen LogP contribution is -2.12. The van der Waals surface area contributed by atoms with Gasteiger partial charge in [0.05, 0.1) is 23.0 Å². The Morgan fingerprint density at radius 3 is 2.74 bits per heavy atom. The van der Waals surface area contributed by atoms with E-state index in [1.165, 1.54) is 0 Å². The first-order valence-electron chi connectivity index (χ1n) is 5.46. The lowest BCUT2D eigenvalue weighted by molar-refractivity contribution is 0.0994. The Balaban J connectivity index is 2.25. The number of rotatable bonds is 2. The average molecular weight is 320 g/mol. The summed E-state index contributed by atoms with van der Waals surface area (Å²) in [6.45, 7) is 3.39. The third-order valence-electron chi connectivity index (χ3n) is 2.46. The van der Waals surface area contributed by atoms with Gasteiger partial charge in [-0.2, -0.15) is 5.26 Å². The Kier molecular flexibility index (Phi) is 3.67. The standard InChI is InChI=1S/C13H10BrN3O2/c1-7-12(19-8(2)16-7)13(18)17-11-4-3-9(6-15)5-10(11)14/h3-5H,1-2H3,(H,17,18). The molecule has 0 aliphatic heterocycles. The Labute approximate surface area is 118 Å². The van der Waals surface area contributed by atoms with Crippen LogP contribution in [0.2, 0.25) is 0 Å². The zero-order valence-corrected chi connectivity index (χ0v) is 11.9. The van der Waals surface area contributed by atoms with Crippen molar-refractivity contribution in [3.63, 3.8) is 0 Å². The van der Waals surface area contributed by atoms with E-state index in [1.54, 1.807) is 32.0 Å². The molecule has 2 rings (SSSR count). The first kappa shape index (κ1) is 13.3. The molecule has 2 aromatic rings. The molecule has 0 aliphatic rings. The molecule has 0 spiro atoms. The van der Waals surface area contributed by atoms with E-state index in [0.717, 1.165) is 0 Å². The number of aromatic nitrogens is 1. The van der Waals surface area contributed by atoms with Crippen molar-refractivity contribution >= 4 is 27.5 Å². The quantitative estimate of drug-likeness (QED) is 0.922. The summed E-state index contributed by atoms with van der Waals surface area (Å²) in [6.07, 6.45) is 0. The van der Waals surface area contributed by atoms with E-state index < -0.39 is 0 Å². The largest absolute Gasteiger partial charge is 0.436 e. The molecule has 6 heteroatoms. The van der Waals surface area contributed by atoms with Gasteiger partial charge in [0.25, 0.3) is 5.91 Å². The fraction of sp³-hybridized carbons (Fsp3) is 0.154. The first-order valence-corrected chi connectivity index (χ1v) is 6.25. The van der Waals surface area contributed by atoms with Crippen molar-refractivity contribution < 1.29 is 9.21 Å². The summed E-state index contributed by atoms with van der Waals surface area (Å²) in [7, 11) is 0. The van der Waals surface area contributed by atoms with Crippen molar-refractivity contribution in [2.45, 2.75) is 13.8 Å². The summed E-state index contributed by atoms with van der Waals surface area (Å²) >= 11 is 3.30. The molecule has 96 valence electrons. The highest BCUT2D eigenvalue weighted by Crippen LogP contribution is 2.24. The Hall–Kier alpha value is -2.13. The second kappa shape index (κ2) is 5.24. The molecule has 1 N–H and O–H groups in total. The molecule has 1 amide bonds. The summed E-state index contributed by atoms with van der Waals surface area (Å²) < 4.78 is 5.88. The Bertz CT molecular complexity index is 686. The van der Waals surface area contributed by atoms with Crippen LogP contribution in [0.4, 0.5) is 5.69 Å². The number of nitrogens with one attached hydrogen (secondary N) is 1. The number of benzene rings is 1. The van der Waals surface area contributed by atoms with Crippen LogP contribution in [0, 0.1) is 25.2 Å². The molecule has 1 aromatic heterocycles. The van der Waals surface area contributed by atoms with Crippen molar-refractivity contribution in [2.24, 2.45) is 0 Å². The number of nitriles is 1. The van der Waals surface area contributed by atoms with Crippen LogP contribution in [-0.2, 0) is 0 Å². The van der Waals surface area contributed by atoms with Gasteiger partial charge in [0.15, 0.2) is 5.89 Å². The molecule has 0 unspecified atom stereocenters. The number of oxazole rings is 1. The van der Waals surface area contributed by atoms with Gasteiger partial charge in [-0.3, -0.25) is 4.79 Å². The van der Waals surface area contributed by atoms with E-state index in [1.807, 2.05) is 6.07 Å². The molecule has 0 saturated carbocycles. The molecule has 1 heterocycles. The van der Waals surface area contributed by atoms with Gasteiger partial charge in [0.2, 0.25) is 5.76 Å². The summed E-state index contributed by atoms with van der Waals surface area (Å²) in [5.74, 6) is 0.263. The number of halogens is 1. The van der Waals surface area contributed by atoms with E-state index >= 15 is 0 Å². The van der Waals surface area contributed by atoms with Gasteiger partial charge in [-0.1, -0.05) is 0 Å². The van der Waals surface area contributed by atoms with Crippen LogP contribution in [0.1, 0.15) is 27.7 Å². The van der Waals surface area contributed by atoms with E-state index in [-0.39, 0.29) is 11.7 Å². The maximum Gasteiger partial charge on any atom is 0.293 e. The monoisotopic (exact) mass is 319 g/mol. The first-order chi connectivity index (χ1) is 9.01. The molecule has 0 radical (unpaired) electrons. The molecule has 0 aliphatic carbocycles. The zero-order chi connectivity index (χ0) is 14.0. The second-order valence-electron chi connectivity index (χ2n) is 3.91. The minimum absolute atomic E-state index is 0.189. The number of amides is 1. The fourth-order valence-electron chi connectivity index (χ4n) is 1.61. The van der Waals surface area contributed by atoms with Crippen molar-refractivity contribution in [1.29, 1.82) is 5.26 Å². The number of hydrogen-bond donors (Lipinski definition) is 1. The summed E-state index contributed by atoms with van der Waals surface area (Å²) in [5, 5.41) is 11.5. The predicted molar refractivity (Wildman–Crippen MR) is 72.8 cm³/mol. The Morgan fingerprint density at radius 1 is 1.47 bits per heavy atom. The van der Waals surface area contributed by atoms with Gasteiger partial charge in [-0.15, -0.1) is 0 Å². The van der Waals surface area contributed by atoms with Gasteiger partial charge in [-0.05, 0) is 41.1 Å². The summed E-state index contributed by atoms with van der Waals surface area (Å²) in [5.41, 5.74) is 1.62. The lowest BCUT2D eigenvalue weighted by Gasteiger charge is -2.06. The van der Waals surface area contributed by atoms with Crippen molar-refractivity contribution in [3.8, 4) is 6.07 Å². The molecule has 0 fully saturated rings. The molecule has 19 heavy (non-hydrogen) atoms. The lowest BCUT2D eigenvalue weighted by atomic mass is 10.2. The number of anilines is 1. The molecule has 1 aromatic carbocycles. The topological polar surface area (TPSA) is 78.9 Å². The predicted octanol–water partition coefficient (Wildman–Crippen LogP) is 3.18. The summed E-state index contributed by atoms with van der Waals surface area (Å²) in [6, 6.07) is 6.93. The zero-order valence-electron chi connectivity index (χ0n) is 10.3. The second-order valence-corrected chi connectivity index (χ2v) is 4.76. The van der Waals surface area contributed by atoms with Gasteiger partial charge in [0, 0.05) is 11.4 Å². The van der Waals surface area contributed by atoms with E-state index in [9.17, 15) is 4.79 Å². The molecule has 5 nitrogen and oxygen atoms in total. The van der Waals surface area contributed by atoms with Crippen LogP contribution < -0.4 is 5.32 Å². The van der Waals surface area contributed by atoms with Crippen LogP contribution in [0.5, 0.6) is 0 Å². The van der Waals surface area contributed by atoms with Crippen LogP contribution >= 0.6 is 15.9 Å². The Morgan fingerprint density at radius 2 is 2.21 bits per heavy atom. The SMILES string of the molecule is Cc1nc(C)c(C(=O)Nc2ccc(C#N)cc2Br)o1. The molecule has 0 atom stereocenters. The minimum Gasteiger partial charge on any atom is -0.436 e. The van der Waals surface area contributed by atoms with Gasteiger partial charge in [-0.25, -0.2) is 4.98 Å². The van der Waals surface area contributed by atoms with Crippen molar-refractivity contribution in [3.05, 3.63) is 45.6 Å². The third kappa shape index (κ3) is 2.83.